The van der Waals surface area contributed by atoms with Crippen LogP contribution in [-0.4, -0.2) is 60.1 Å². The van der Waals surface area contributed by atoms with Gasteiger partial charge in [-0.05, 0) is 45.1 Å². The first-order valence-electron chi connectivity index (χ1n) is 12.5. The van der Waals surface area contributed by atoms with E-state index in [2.05, 4.69) is 20.2 Å². The number of fused-ring (bicyclic) bond motifs is 3. The Morgan fingerprint density at radius 1 is 1.19 bits per heavy atom. The summed E-state index contributed by atoms with van der Waals surface area (Å²) in [5.74, 6) is 0.238. The third kappa shape index (κ3) is 3.64. The number of anilines is 2. The molecule has 188 valence electrons. The number of thiazole rings is 1. The van der Waals surface area contributed by atoms with Crippen molar-refractivity contribution < 1.29 is 14.3 Å². The number of rotatable bonds is 8. The van der Waals surface area contributed by atoms with Crippen molar-refractivity contribution in [3.63, 3.8) is 0 Å². The molecule has 0 bridgehead atoms. The molecule has 0 unspecified atom stereocenters. The summed E-state index contributed by atoms with van der Waals surface area (Å²) >= 11 is 1.24. The van der Waals surface area contributed by atoms with Crippen molar-refractivity contribution in [3.05, 3.63) is 28.7 Å². The average Bonchev–Trinajstić information content (AvgIpc) is 3.79. The molecule has 1 N–H and O–H groups in total. The second-order valence-electron chi connectivity index (χ2n) is 9.46. The number of carbonyl (C=O) groups excluding carboxylic acids is 2. The summed E-state index contributed by atoms with van der Waals surface area (Å²) in [4.78, 5) is 42.7. The average molecular weight is 508 g/mol. The van der Waals surface area contributed by atoms with Gasteiger partial charge < -0.3 is 24.1 Å². The van der Waals surface area contributed by atoms with E-state index in [-0.39, 0.29) is 5.91 Å². The van der Waals surface area contributed by atoms with Crippen LogP contribution in [0.25, 0.3) is 22.1 Å². The zero-order valence-corrected chi connectivity index (χ0v) is 21.7. The van der Waals surface area contributed by atoms with Crippen LogP contribution in [-0.2, 0) is 24.8 Å². The van der Waals surface area contributed by atoms with Gasteiger partial charge in [-0.15, -0.1) is 0 Å². The molecule has 2 aliphatic rings. The quantitative estimate of drug-likeness (QED) is 0.355. The SMILES string of the molecule is CCc1nc(Nc2nc3c(cc(C(=O)N(C4CC4)C4CC4)n3CC)c3c2ncn3C)sc1C(=O)OC. The van der Waals surface area contributed by atoms with E-state index in [1.165, 1.54) is 18.4 Å². The Kier molecular flexibility index (Phi) is 5.47. The molecule has 0 radical (unpaired) electrons. The Balaban J connectivity index is 1.48. The van der Waals surface area contributed by atoms with Crippen molar-refractivity contribution in [1.82, 2.24) is 29.0 Å². The molecule has 4 aromatic rings. The zero-order chi connectivity index (χ0) is 25.1. The summed E-state index contributed by atoms with van der Waals surface area (Å²) in [5, 5.41) is 4.75. The second kappa shape index (κ2) is 8.58. The first-order chi connectivity index (χ1) is 17.4. The highest BCUT2D eigenvalue weighted by Gasteiger charge is 2.43. The monoisotopic (exact) mass is 507 g/mol. The van der Waals surface area contributed by atoms with Gasteiger partial charge in [0.05, 0.1) is 24.6 Å². The van der Waals surface area contributed by atoms with Crippen molar-refractivity contribution >= 4 is 56.2 Å². The normalized spacial score (nSPS) is 15.6. The molecule has 11 heteroatoms. The van der Waals surface area contributed by atoms with Crippen LogP contribution in [0.5, 0.6) is 0 Å². The van der Waals surface area contributed by atoms with Crippen molar-refractivity contribution in [1.29, 1.82) is 0 Å². The minimum absolute atomic E-state index is 0.0971. The van der Waals surface area contributed by atoms with E-state index in [0.717, 1.165) is 42.2 Å². The number of hydrogen-bond donors (Lipinski definition) is 1. The Bertz CT molecular complexity index is 1500. The summed E-state index contributed by atoms with van der Waals surface area (Å²) in [6.07, 6.45) is 6.72. The number of aromatic nitrogens is 5. The molecule has 1 amide bonds. The van der Waals surface area contributed by atoms with E-state index in [9.17, 15) is 9.59 Å². The lowest BCUT2D eigenvalue weighted by Gasteiger charge is -2.22. The molecule has 0 aromatic carbocycles. The van der Waals surface area contributed by atoms with E-state index in [0.29, 0.717) is 57.8 Å². The Labute approximate surface area is 212 Å². The summed E-state index contributed by atoms with van der Waals surface area (Å²) in [5.41, 5.74) is 3.66. The number of esters is 1. The number of pyridine rings is 1. The summed E-state index contributed by atoms with van der Waals surface area (Å²) in [6, 6.07) is 2.72. The summed E-state index contributed by atoms with van der Waals surface area (Å²) < 4.78 is 8.89. The molecule has 2 saturated carbocycles. The highest BCUT2D eigenvalue weighted by atomic mass is 32.1. The topological polar surface area (TPSA) is 107 Å². The maximum atomic E-state index is 13.7. The van der Waals surface area contributed by atoms with Gasteiger partial charge in [0.2, 0.25) is 0 Å². The Morgan fingerprint density at radius 3 is 2.53 bits per heavy atom. The number of ether oxygens (including phenoxy) is 1. The molecule has 0 atom stereocenters. The number of methoxy groups -OCH3 is 1. The van der Waals surface area contributed by atoms with E-state index in [1.807, 2.05) is 36.1 Å². The van der Waals surface area contributed by atoms with Gasteiger partial charge in [-0.3, -0.25) is 4.79 Å². The second-order valence-corrected chi connectivity index (χ2v) is 10.5. The van der Waals surface area contributed by atoms with Crippen molar-refractivity contribution in [2.45, 2.75) is 64.6 Å². The summed E-state index contributed by atoms with van der Waals surface area (Å²) in [6.45, 7) is 4.60. The van der Waals surface area contributed by atoms with Gasteiger partial charge in [-0.1, -0.05) is 18.3 Å². The molecule has 4 aromatic heterocycles. The molecule has 2 fully saturated rings. The van der Waals surface area contributed by atoms with Gasteiger partial charge in [0.25, 0.3) is 5.91 Å². The van der Waals surface area contributed by atoms with Gasteiger partial charge in [0.1, 0.15) is 21.7 Å². The fourth-order valence-electron chi connectivity index (χ4n) is 4.96. The Hall–Kier alpha value is -3.47. The van der Waals surface area contributed by atoms with E-state index < -0.39 is 5.97 Å². The third-order valence-electron chi connectivity index (χ3n) is 6.98. The number of nitrogens with zero attached hydrogens (tertiary/aromatic N) is 6. The number of hydrogen-bond acceptors (Lipinski definition) is 8. The first-order valence-corrected chi connectivity index (χ1v) is 13.3. The molecule has 6 rings (SSSR count). The van der Waals surface area contributed by atoms with E-state index >= 15 is 0 Å². The standard InChI is InChI=1S/C25H29N7O3S/c1-5-16-20(24(34)35-4)36-25(27-16)29-21-18-19(30(3)12-26-18)15-11-17(31(6-2)22(15)28-21)23(33)32(13-7-8-13)14-9-10-14/h11-14H,5-10H2,1-4H3,(H,27,28,29). The molecule has 2 aliphatic carbocycles. The lowest BCUT2D eigenvalue weighted by molar-refractivity contribution is 0.0604. The van der Waals surface area contributed by atoms with Crippen LogP contribution in [0.15, 0.2) is 12.4 Å². The predicted octanol–water partition coefficient (Wildman–Crippen LogP) is 4.26. The van der Waals surface area contributed by atoms with Crippen LogP contribution in [0.4, 0.5) is 10.9 Å². The van der Waals surface area contributed by atoms with Gasteiger partial charge in [0, 0.05) is 31.1 Å². The minimum atomic E-state index is -0.400. The van der Waals surface area contributed by atoms with Crippen LogP contribution in [0.1, 0.15) is 65.4 Å². The maximum absolute atomic E-state index is 13.7. The summed E-state index contributed by atoms with van der Waals surface area (Å²) in [7, 11) is 3.31. The van der Waals surface area contributed by atoms with Gasteiger partial charge in [0.15, 0.2) is 10.9 Å². The third-order valence-corrected chi connectivity index (χ3v) is 7.97. The number of nitrogens with one attached hydrogen (secondary N) is 1. The van der Waals surface area contributed by atoms with Crippen molar-refractivity contribution in [2.24, 2.45) is 7.05 Å². The van der Waals surface area contributed by atoms with Crippen LogP contribution in [0.3, 0.4) is 0 Å². The van der Waals surface area contributed by atoms with Crippen LogP contribution < -0.4 is 5.32 Å². The smallest absolute Gasteiger partial charge is 0.350 e. The molecular weight excluding hydrogens is 478 g/mol. The number of amides is 1. The lowest BCUT2D eigenvalue weighted by atomic mass is 10.2. The highest BCUT2D eigenvalue weighted by Crippen LogP contribution is 2.40. The minimum Gasteiger partial charge on any atom is -0.465 e. The van der Waals surface area contributed by atoms with E-state index in [1.54, 1.807) is 6.33 Å². The molecule has 0 saturated heterocycles. The highest BCUT2D eigenvalue weighted by molar-refractivity contribution is 7.17. The molecule has 4 heterocycles. The molecule has 0 spiro atoms. The predicted molar refractivity (Wildman–Crippen MR) is 138 cm³/mol. The zero-order valence-electron chi connectivity index (χ0n) is 20.9. The van der Waals surface area contributed by atoms with Crippen LogP contribution in [0, 0.1) is 0 Å². The first kappa shape index (κ1) is 23.0. The van der Waals surface area contributed by atoms with Gasteiger partial charge in [-0.25, -0.2) is 19.7 Å². The van der Waals surface area contributed by atoms with Gasteiger partial charge in [-0.2, -0.15) is 0 Å². The van der Waals surface area contributed by atoms with E-state index in [4.69, 9.17) is 9.72 Å². The van der Waals surface area contributed by atoms with Crippen molar-refractivity contribution in [2.75, 3.05) is 12.4 Å². The number of carbonyl (C=O) groups is 2. The Morgan fingerprint density at radius 2 is 1.92 bits per heavy atom. The molecule has 36 heavy (non-hydrogen) atoms. The fraction of sp³-hybridized carbons (Fsp3) is 0.480. The molecule has 10 nitrogen and oxygen atoms in total. The molecular formula is C25H29N7O3S. The fourth-order valence-corrected chi connectivity index (χ4v) is 5.94. The van der Waals surface area contributed by atoms with Crippen LogP contribution in [0.2, 0.25) is 0 Å². The number of aryl methyl sites for hydroxylation is 3. The molecule has 0 aliphatic heterocycles. The van der Waals surface area contributed by atoms with Crippen molar-refractivity contribution in [3.8, 4) is 0 Å². The largest absolute Gasteiger partial charge is 0.465 e. The van der Waals surface area contributed by atoms with Gasteiger partial charge >= 0.3 is 5.97 Å². The maximum Gasteiger partial charge on any atom is 0.350 e. The van der Waals surface area contributed by atoms with Crippen LogP contribution >= 0.6 is 11.3 Å². The lowest BCUT2D eigenvalue weighted by Crippen LogP contribution is -2.36. The number of imidazole rings is 1.